The number of unbranched alkanes of at least 4 members (excludes halogenated alkanes) is 14. The smallest absolute Gasteiger partial charge is 0.408 e. The SMILES string of the molecule is CCCCCCCCCCCCCCCCCC(=O)OC[C@H](CCOC(=O)[C@@H](NC(=O)OC(C)(C)C)C(C)CC)Cn1cnc2c(=O)[nH]c(N)nc21. The summed E-state index contributed by atoms with van der Waals surface area (Å²) in [4.78, 5) is 61.5. The quantitative estimate of drug-likeness (QED) is 0.0463. The van der Waals surface area contributed by atoms with Crippen molar-refractivity contribution >= 4 is 35.1 Å². The van der Waals surface area contributed by atoms with Crippen molar-refractivity contribution in [3.05, 3.63) is 16.7 Å². The molecule has 0 fully saturated rings. The lowest BCUT2D eigenvalue weighted by Crippen LogP contribution is -2.47. The molecule has 0 bridgehead atoms. The van der Waals surface area contributed by atoms with E-state index in [1.165, 1.54) is 83.4 Å². The Morgan fingerprint density at radius 1 is 0.904 bits per heavy atom. The summed E-state index contributed by atoms with van der Waals surface area (Å²) in [6.07, 6.45) is 20.9. The number of nitrogens with one attached hydrogen (secondary N) is 2. The molecule has 0 aromatic carbocycles. The normalized spacial score (nSPS) is 13.4. The van der Waals surface area contributed by atoms with Crippen LogP contribution in [-0.4, -0.2) is 62.4 Å². The van der Waals surface area contributed by atoms with Crippen LogP contribution in [0, 0.1) is 11.8 Å². The first-order valence-corrected chi connectivity index (χ1v) is 19.9. The number of hydrogen-bond acceptors (Lipinski definition) is 10. The number of imidazole rings is 1. The Balaban J connectivity index is 1.83. The lowest BCUT2D eigenvalue weighted by atomic mass is 9.99. The first-order chi connectivity index (χ1) is 24.8. The molecule has 1 amide bonds. The Hall–Kier alpha value is -3.64. The second-order valence-electron chi connectivity index (χ2n) is 15.2. The maximum absolute atomic E-state index is 13.1. The summed E-state index contributed by atoms with van der Waals surface area (Å²) >= 11 is 0. The molecule has 1 unspecified atom stereocenters. The van der Waals surface area contributed by atoms with Gasteiger partial charge in [0.1, 0.15) is 11.6 Å². The number of carbonyl (C=O) groups is 3. The van der Waals surface area contributed by atoms with Gasteiger partial charge in [-0.1, -0.05) is 117 Å². The summed E-state index contributed by atoms with van der Waals surface area (Å²) in [5.41, 5.74) is 5.08. The minimum absolute atomic E-state index is 0.0197. The number of ether oxygens (including phenoxy) is 3. The van der Waals surface area contributed by atoms with E-state index in [0.717, 1.165) is 19.3 Å². The summed E-state index contributed by atoms with van der Waals surface area (Å²) in [7, 11) is 0. The van der Waals surface area contributed by atoms with Gasteiger partial charge in [-0.15, -0.1) is 0 Å². The highest BCUT2D eigenvalue weighted by Crippen LogP contribution is 2.18. The van der Waals surface area contributed by atoms with Gasteiger partial charge in [-0.2, -0.15) is 4.98 Å². The molecule has 13 heteroatoms. The standard InChI is InChI=1S/C39H68N6O7/c1-7-9-10-11-12-13-14-15-16-17-18-19-20-21-22-23-31(46)51-27-30(26-45-28-41-33-34(45)43-37(40)44-35(33)47)24-25-50-36(48)32(29(3)8-2)42-38(49)52-39(4,5)6/h28-30,32H,7-27H2,1-6H3,(H,42,49)(H3,40,43,44,47)/t29?,30-,32+/m1/s1. The fraction of sp³-hybridized carbons (Fsp3) is 0.795. The minimum Gasteiger partial charge on any atom is -0.465 e. The van der Waals surface area contributed by atoms with Crippen molar-refractivity contribution in [3.8, 4) is 0 Å². The Labute approximate surface area is 310 Å². The van der Waals surface area contributed by atoms with Gasteiger partial charge in [0.15, 0.2) is 11.2 Å². The number of H-pyrrole nitrogens is 1. The lowest BCUT2D eigenvalue weighted by molar-refractivity contribution is -0.150. The van der Waals surface area contributed by atoms with Gasteiger partial charge in [0.25, 0.3) is 5.56 Å². The van der Waals surface area contributed by atoms with E-state index in [0.29, 0.717) is 31.5 Å². The molecular formula is C39H68N6O7. The molecule has 2 aromatic rings. The van der Waals surface area contributed by atoms with E-state index in [1.807, 2.05) is 13.8 Å². The van der Waals surface area contributed by atoms with Crippen molar-refractivity contribution in [1.29, 1.82) is 0 Å². The predicted octanol–water partition coefficient (Wildman–Crippen LogP) is 8.00. The van der Waals surface area contributed by atoms with Crippen LogP contribution in [0.5, 0.6) is 0 Å². The number of aromatic amines is 1. The highest BCUT2D eigenvalue weighted by molar-refractivity contribution is 5.81. The number of fused-ring (bicyclic) bond motifs is 1. The molecule has 4 N–H and O–H groups in total. The average Bonchev–Trinajstić information content (AvgIpc) is 3.48. The molecule has 0 radical (unpaired) electrons. The lowest BCUT2D eigenvalue weighted by Gasteiger charge is -2.26. The van der Waals surface area contributed by atoms with Gasteiger partial charge in [-0.05, 0) is 39.5 Å². The van der Waals surface area contributed by atoms with Crippen LogP contribution in [0.25, 0.3) is 11.2 Å². The third-order valence-corrected chi connectivity index (χ3v) is 9.32. The highest BCUT2D eigenvalue weighted by Gasteiger charge is 2.30. The monoisotopic (exact) mass is 733 g/mol. The Bertz CT molecular complexity index is 1390. The third-order valence-electron chi connectivity index (χ3n) is 9.32. The van der Waals surface area contributed by atoms with Crippen molar-refractivity contribution in [2.45, 2.75) is 175 Å². The maximum Gasteiger partial charge on any atom is 0.408 e. The number of alkyl carbamates (subject to hydrolysis) is 1. The first kappa shape index (κ1) is 44.5. The van der Waals surface area contributed by atoms with E-state index in [4.69, 9.17) is 19.9 Å². The molecule has 0 aliphatic carbocycles. The van der Waals surface area contributed by atoms with E-state index < -0.39 is 29.3 Å². The van der Waals surface area contributed by atoms with Gasteiger partial charge in [0, 0.05) is 18.9 Å². The summed E-state index contributed by atoms with van der Waals surface area (Å²) in [6, 6.07) is -0.887. The summed E-state index contributed by atoms with van der Waals surface area (Å²) < 4.78 is 18.4. The van der Waals surface area contributed by atoms with Gasteiger partial charge >= 0.3 is 18.0 Å². The van der Waals surface area contributed by atoms with Gasteiger partial charge in [-0.25, -0.2) is 14.6 Å². The molecule has 0 saturated carbocycles. The van der Waals surface area contributed by atoms with Crippen molar-refractivity contribution in [2.75, 3.05) is 18.9 Å². The number of nitrogens with two attached hydrogens (primary N) is 1. The van der Waals surface area contributed by atoms with Crippen LogP contribution in [-0.2, 0) is 30.3 Å². The molecule has 3 atom stereocenters. The molecule has 2 aromatic heterocycles. The number of nitrogen functional groups attached to an aromatic ring is 1. The third kappa shape index (κ3) is 18.2. The number of nitrogens with zero attached hydrogens (tertiary/aromatic N) is 3. The van der Waals surface area contributed by atoms with Crippen LogP contribution in [0.4, 0.5) is 10.7 Å². The Morgan fingerprint density at radius 2 is 1.48 bits per heavy atom. The first-order valence-electron chi connectivity index (χ1n) is 19.9. The predicted molar refractivity (Wildman–Crippen MR) is 205 cm³/mol. The van der Waals surface area contributed by atoms with Crippen LogP contribution >= 0.6 is 0 Å². The molecule has 296 valence electrons. The number of carbonyl (C=O) groups excluding carboxylic acids is 3. The fourth-order valence-corrected chi connectivity index (χ4v) is 6.05. The van der Waals surface area contributed by atoms with E-state index in [9.17, 15) is 19.2 Å². The number of amides is 1. The number of hydrogen-bond donors (Lipinski definition) is 3. The fourth-order valence-electron chi connectivity index (χ4n) is 6.05. The minimum atomic E-state index is -0.887. The molecule has 13 nitrogen and oxygen atoms in total. The molecule has 0 aliphatic rings. The number of rotatable bonds is 27. The summed E-state index contributed by atoms with van der Waals surface area (Å²) in [5, 5.41) is 2.65. The Morgan fingerprint density at radius 3 is 2.04 bits per heavy atom. The van der Waals surface area contributed by atoms with Crippen molar-refractivity contribution in [1.82, 2.24) is 24.8 Å². The van der Waals surface area contributed by atoms with Gasteiger partial charge in [-0.3, -0.25) is 14.6 Å². The highest BCUT2D eigenvalue weighted by atomic mass is 16.6. The van der Waals surface area contributed by atoms with Crippen molar-refractivity contribution in [3.63, 3.8) is 0 Å². The van der Waals surface area contributed by atoms with E-state index in [-0.39, 0.29) is 42.5 Å². The zero-order valence-electron chi connectivity index (χ0n) is 32.9. The maximum atomic E-state index is 13.1. The molecule has 52 heavy (non-hydrogen) atoms. The topological polar surface area (TPSA) is 181 Å². The van der Waals surface area contributed by atoms with Gasteiger partial charge < -0.3 is 29.8 Å². The molecular weight excluding hydrogens is 664 g/mol. The van der Waals surface area contributed by atoms with Crippen molar-refractivity contribution < 1.29 is 28.6 Å². The number of aromatic nitrogens is 4. The largest absolute Gasteiger partial charge is 0.465 e. The van der Waals surface area contributed by atoms with Crippen LogP contribution in [0.15, 0.2) is 11.1 Å². The van der Waals surface area contributed by atoms with Gasteiger partial charge in [0.2, 0.25) is 5.95 Å². The van der Waals surface area contributed by atoms with E-state index in [2.05, 4.69) is 27.2 Å². The second kappa shape index (κ2) is 24.6. The average molecular weight is 733 g/mol. The number of anilines is 1. The van der Waals surface area contributed by atoms with E-state index in [1.54, 1.807) is 25.3 Å². The Kier molecular flexibility index (Phi) is 21.0. The molecule has 0 aliphatic heterocycles. The van der Waals surface area contributed by atoms with Gasteiger partial charge in [0.05, 0.1) is 19.5 Å². The zero-order chi connectivity index (χ0) is 38.4. The summed E-state index contributed by atoms with van der Waals surface area (Å²) in [5.74, 6) is -1.36. The molecule has 2 heterocycles. The van der Waals surface area contributed by atoms with Crippen LogP contribution in [0.2, 0.25) is 0 Å². The molecule has 0 spiro atoms. The zero-order valence-corrected chi connectivity index (χ0v) is 32.9. The van der Waals surface area contributed by atoms with E-state index >= 15 is 0 Å². The number of esters is 2. The van der Waals surface area contributed by atoms with Crippen LogP contribution in [0.1, 0.15) is 157 Å². The molecule has 2 rings (SSSR count). The molecule has 0 saturated heterocycles. The van der Waals surface area contributed by atoms with Crippen molar-refractivity contribution in [2.24, 2.45) is 11.8 Å². The van der Waals surface area contributed by atoms with Crippen LogP contribution < -0.4 is 16.6 Å². The van der Waals surface area contributed by atoms with Crippen LogP contribution in [0.3, 0.4) is 0 Å². The summed E-state index contributed by atoms with van der Waals surface area (Å²) in [6.45, 7) is 11.7. The second-order valence-corrected chi connectivity index (χ2v) is 15.2.